The van der Waals surface area contributed by atoms with Gasteiger partial charge in [0.2, 0.25) is 5.91 Å². The number of rotatable bonds is 3. The van der Waals surface area contributed by atoms with E-state index in [2.05, 4.69) is 4.90 Å². The maximum absolute atomic E-state index is 13.0. The number of fused-ring (bicyclic) bond motifs is 1. The highest BCUT2D eigenvalue weighted by Gasteiger charge is 2.22. The number of halogens is 1. The van der Waals surface area contributed by atoms with Crippen LogP contribution in [0.1, 0.15) is 5.56 Å². The Morgan fingerprint density at radius 3 is 2.48 bits per heavy atom. The predicted octanol–water partition coefficient (Wildman–Crippen LogP) is 3.46. The van der Waals surface area contributed by atoms with Crippen molar-refractivity contribution in [3.63, 3.8) is 0 Å². The molecule has 1 aromatic heterocycles. The van der Waals surface area contributed by atoms with Crippen molar-refractivity contribution in [2.75, 3.05) is 31.1 Å². The molecule has 1 aliphatic heterocycles. The standard InChI is InChI=1S/C20H19FN2O2/c21-16-5-7-17(8-6-16)22-9-11-23(12-10-22)20(24)13-15-14-25-19-4-2-1-3-18(15)19/h1-8,14H,9-13H2. The lowest BCUT2D eigenvalue weighted by molar-refractivity contribution is -0.130. The number of hydrogen-bond donors (Lipinski definition) is 0. The van der Waals surface area contributed by atoms with E-state index < -0.39 is 0 Å². The van der Waals surface area contributed by atoms with Crippen LogP contribution in [-0.4, -0.2) is 37.0 Å². The van der Waals surface area contributed by atoms with Crippen LogP contribution in [0.5, 0.6) is 0 Å². The van der Waals surface area contributed by atoms with E-state index in [1.54, 1.807) is 18.4 Å². The fraction of sp³-hybridized carbons (Fsp3) is 0.250. The first kappa shape index (κ1) is 15.7. The summed E-state index contributed by atoms with van der Waals surface area (Å²) in [5.74, 6) is -0.116. The maximum atomic E-state index is 13.0. The molecule has 2 heterocycles. The number of nitrogens with zero attached hydrogens (tertiary/aromatic N) is 2. The van der Waals surface area contributed by atoms with Crippen LogP contribution in [0.15, 0.2) is 59.2 Å². The van der Waals surface area contributed by atoms with Gasteiger partial charge < -0.3 is 14.2 Å². The average molecular weight is 338 g/mol. The van der Waals surface area contributed by atoms with E-state index in [0.717, 1.165) is 35.3 Å². The zero-order chi connectivity index (χ0) is 17.2. The van der Waals surface area contributed by atoms with Crippen LogP contribution in [0.4, 0.5) is 10.1 Å². The quantitative estimate of drug-likeness (QED) is 0.734. The SMILES string of the molecule is O=C(Cc1coc2ccccc12)N1CCN(c2ccc(F)cc2)CC1. The van der Waals surface area contributed by atoms with E-state index >= 15 is 0 Å². The van der Waals surface area contributed by atoms with Gasteiger partial charge in [-0.3, -0.25) is 4.79 Å². The molecule has 0 spiro atoms. The minimum atomic E-state index is -0.232. The predicted molar refractivity (Wildman–Crippen MR) is 95.1 cm³/mol. The minimum absolute atomic E-state index is 0.116. The van der Waals surface area contributed by atoms with Gasteiger partial charge in [0, 0.05) is 42.8 Å². The highest BCUT2D eigenvalue weighted by atomic mass is 19.1. The van der Waals surface area contributed by atoms with Crippen molar-refractivity contribution in [3.05, 3.63) is 66.2 Å². The normalized spacial score (nSPS) is 14.9. The van der Waals surface area contributed by atoms with Gasteiger partial charge in [-0.2, -0.15) is 0 Å². The van der Waals surface area contributed by atoms with Crippen molar-refractivity contribution in [1.29, 1.82) is 0 Å². The molecule has 4 rings (SSSR count). The van der Waals surface area contributed by atoms with Crippen LogP contribution in [-0.2, 0) is 11.2 Å². The molecule has 0 radical (unpaired) electrons. The van der Waals surface area contributed by atoms with Gasteiger partial charge in [0.05, 0.1) is 12.7 Å². The summed E-state index contributed by atoms with van der Waals surface area (Å²) in [6.45, 7) is 2.85. The number of anilines is 1. The summed E-state index contributed by atoms with van der Waals surface area (Å²) < 4.78 is 18.5. The summed E-state index contributed by atoms with van der Waals surface area (Å²) in [4.78, 5) is 16.7. The highest BCUT2D eigenvalue weighted by molar-refractivity contribution is 5.87. The Hall–Kier alpha value is -2.82. The molecule has 0 bridgehead atoms. The van der Waals surface area contributed by atoms with Gasteiger partial charge in [-0.05, 0) is 30.3 Å². The summed E-state index contributed by atoms with van der Waals surface area (Å²) in [5.41, 5.74) is 2.74. The Morgan fingerprint density at radius 2 is 1.72 bits per heavy atom. The number of carbonyl (C=O) groups is 1. The Bertz CT molecular complexity index is 880. The molecule has 5 heteroatoms. The smallest absolute Gasteiger partial charge is 0.227 e. The summed E-state index contributed by atoms with van der Waals surface area (Å²) in [5, 5.41) is 1.00. The second kappa shape index (κ2) is 6.59. The van der Waals surface area contributed by atoms with Crippen LogP contribution in [0, 0.1) is 5.82 Å². The highest BCUT2D eigenvalue weighted by Crippen LogP contribution is 2.22. The molecule has 1 fully saturated rings. The first-order chi connectivity index (χ1) is 12.2. The molecule has 0 aliphatic carbocycles. The molecule has 128 valence electrons. The van der Waals surface area contributed by atoms with E-state index in [1.165, 1.54) is 12.1 Å². The molecule has 4 nitrogen and oxygen atoms in total. The van der Waals surface area contributed by atoms with E-state index in [-0.39, 0.29) is 11.7 Å². The molecule has 1 saturated heterocycles. The van der Waals surface area contributed by atoms with Gasteiger partial charge in [-0.15, -0.1) is 0 Å². The summed E-state index contributed by atoms with van der Waals surface area (Å²) >= 11 is 0. The monoisotopic (exact) mass is 338 g/mol. The van der Waals surface area contributed by atoms with Gasteiger partial charge in [-0.25, -0.2) is 4.39 Å². The van der Waals surface area contributed by atoms with E-state index in [4.69, 9.17) is 4.42 Å². The first-order valence-electron chi connectivity index (χ1n) is 8.44. The average Bonchev–Trinajstić information content (AvgIpc) is 3.06. The number of piperazine rings is 1. The molecule has 0 N–H and O–H groups in total. The Kier molecular flexibility index (Phi) is 4.14. The van der Waals surface area contributed by atoms with Gasteiger partial charge in [0.25, 0.3) is 0 Å². The number of amides is 1. The van der Waals surface area contributed by atoms with Crippen LogP contribution in [0.2, 0.25) is 0 Å². The van der Waals surface area contributed by atoms with Gasteiger partial charge in [0.1, 0.15) is 11.4 Å². The van der Waals surface area contributed by atoms with Crippen molar-refractivity contribution >= 4 is 22.6 Å². The van der Waals surface area contributed by atoms with Crippen LogP contribution < -0.4 is 4.90 Å². The van der Waals surface area contributed by atoms with Crippen molar-refractivity contribution in [2.45, 2.75) is 6.42 Å². The first-order valence-corrected chi connectivity index (χ1v) is 8.44. The van der Waals surface area contributed by atoms with Crippen LogP contribution >= 0.6 is 0 Å². The molecule has 0 saturated carbocycles. The Morgan fingerprint density at radius 1 is 1.00 bits per heavy atom. The summed E-state index contributed by atoms with van der Waals surface area (Å²) in [7, 11) is 0. The lowest BCUT2D eigenvalue weighted by Gasteiger charge is -2.36. The van der Waals surface area contributed by atoms with Gasteiger partial charge in [-0.1, -0.05) is 18.2 Å². The molecular formula is C20H19FN2O2. The third-order valence-corrected chi connectivity index (χ3v) is 4.73. The number of benzene rings is 2. The summed E-state index contributed by atoms with van der Waals surface area (Å²) in [6, 6.07) is 14.3. The molecule has 1 aliphatic rings. The van der Waals surface area contributed by atoms with E-state index in [9.17, 15) is 9.18 Å². The number of hydrogen-bond acceptors (Lipinski definition) is 3. The lowest BCUT2D eigenvalue weighted by Crippen LogP contribution is -2.49. The van der Waals surface area contributed by atoms with Crippen LogP contribution in [0.3, 0.4) is 0 Å². The van der Waals surface area contributed by atoms with E-state index in [1.807, 2.05) is 29.2 Å². The molecular weight excluding hydrogens is 319 g/mol. The van der Waals surface area contributed by atoms with Gasteiger partial charge >= 0.3 is 0 Å². The number of para-hydroxylation sites is 1. The third kappa shape index (κ3) is 3.22. The minimum Gasteiger partial charge on any atom is -0.464 e. The fourth-order valence-electron chi connectivity index (χ4n) is 3.31. The topological polar surface area (TPSA) is 36.7 Å². The maximum Gasteiger partial charge on any atom is 0.227 e. The Labute approximate surface area is 145 Å². The molecule has 3 aromatic rings. The molecule has 0 atom stereocenters. The van der Waals surface area contributed by atoms with Crippen molar-refractivity contribution in [1.82, 2.24) is 4.90 Å². The molecule has 0 unspecified atom stereocenters. The largest absolute Gasteiger partial charge is 0.464 e. The number of carbonyl (C=O) groups excluding carboxylic acids is 1. The van der Waals surface area contributed by atoms with Crippen molar-refractivity contribution in [2.24, 2.45) is 0 Å². The Balaban J connectivity index is 1.39. The van der Waals surface area contributed by atoms with Crippen LogP contribution in [0.25, 0.3) is 11.0 Å². The van der Waals surface area contributed by atoms with Crippen molar-refractivity contribution < 1.29 is 13.6 Å². The number of furan rings is 1. The molecule has 2 aromatic carbocycles. The lowest BCUT2D eigenvalue weighted by atomic mass is 10.1. The van der Waals surface area contributed by atoms with Gasteiger partial charge in [0.15, 0.2) is 0 Å². The second-order valence-electron chi connectivity index (χ2n) is 6.28. The fourth-order valence-corrected chi connectivity index (χ4v) is 3.31. The summed E-state index contributed by atoms with van der Waals surface area (Å²) in [6.07, 6.45) is 2.03. The molecule has 1 amide bonds. The zero-order valence-electron chi connectivity index (χ0n) is 13.8. The third-order valence-electron chi connectivity index (χ3n) is 4.73. The second-order valence-corrected chi connectivity index (χ2v) is 6.28. The van der Waals surface area contributed by atoms with E-state index in [0.29, 0.717) is 19.5 Å². The van der Waals surface area contributed by atoms with Crippen molar-refractivity contribution in [3.8, 4) is 0 Å². The molecule has 25 heavy (non-hydrogen) atoms. The zero-order valence-corrected chi connectivity index (χ0v) is 13.8.